The third kappa shape index (κ3) is 5.88. The van der Waals surface area contributed by atoms with Crippen molar-refractivity contribution in [2.24, 2.45) is 5.92 Å². The van der Waals surface area contributed by atoms with Gasteiger partial charge >= 0.3 is 6.03 Å². The lowest BCUT2D eigenvalue weighted by Crippen LogP contribution is -2.50. The lowest BCUT2D eigenvalue weighted by molar-refractivity contribution is -0.135. The zero-order valence-corrected chi connectivity index (χ0v) is 18.6. The summed E-state index contributed by atoms with van der Waals surface area (Å²) in [5.41, 5.74) is 2.31. The second-order valence-electron chi connectivity index (χ2n) is 8.71. The van der Waals surface area contributed by atoms with Gasteiger partial charge in [-0.2, -0.15) is 5.10 Å². The molecule has 3 N–H and O–H groups in total. The van der Waals surface area contributed by atoms with Crippen LogP contribution in [-0.4, -0.2) is 65.2 Å². The van der Waals surface area contributed by atoms with Crippen LogP contribution in [-0.2, 0) is 9.59 Å². The molecule has 1 aliphatic carbocycles. The van der Waals surface area contributed by atoms with Gasteiger partial charge in [-0.3, -0.25) is 20.0 Å². The molecule has 3 heterocycles. The number of aromatic amines is 1. The zero-order valence-electron chi connectivity index (χ0n) is 18.6. The number of benzene rings is 1. The third-order valence-corrected chi connectivity index (χ3v) is 5.89. The van der Waals surface area contributed by atoms with Gasteiger partial charge in [0.15, 0.2) is 0 Å². The first kappa shape index (κ1) is 22.8. The average Bonchev–Trinajstić information content (AvgIpc) is 3.52. The molecule has 3 fully saturated rings. The van der Waals surface area contributed by atoms with E-state index in [0.717, 1.165) is 16.8 Å². The summed E-state index contributed by atoms with van der Waals surface area (Å²) in [4.78, 5) is 39.5. The maximum absolute atomic E-state index is 14.2. The Morgan fingerprint density at radius 2 is 1.85 bits per heavy atom. The number of hydrogen-bond acceptors (Lipinski definition) is 5. The van der Waals surface area contributed by atoms with Crippen molar-refractivity contribution >= 4 is 23.5 Å². The molecule has 1 unspecified atom stereocenters. The Hall–Kier alpha value is -3.43. The molecule has 1 aromatic carbocycles. The summed E-state index contributed by atoms with van der Waals surface area (Å²) in [7, 11) is 0. The molecule has 33 heavy (non-hydrogen) atoms. The van der Waals surface area contributed by atoms with Gasteiger partial charge in [0.2, 0.25) is 5.91 Å². The number of rotatable bonds is 5. The van der Waals surface area contributed by atoms with E-state index in [1.165, 1.54) is 31.4 Å². The largest absolute Gasteiger partial charge is 0.368 e. The molecule has 0 bridgehead atoms. The van der Waals surface area contributed by atoms with Gasteiger partial charge in [0.1, 0.15) is 11.9 Å². The number of halogens is 1. The molecular weight excluding hydrogens is 427 g/mol. The van der Waals surface area contributed by atoms with Crippen molar-refractivity contribution in [1.29, 1.82) is 0 Å². The van der Waals surface area contributed by atoms with E-state index in [0.29, 0.717) is 26.2 Å². The summed E-state index contributed by atoms with van der Waals surface area (Å²) in [6, 6.07) is 3.67. The maximum Gasteiger partial charge on any atom is 0.322 e. The van der Waals surface area contributed by atoms with Crippen LogP contribution in [0.15, 0.2) is 30.6 Å². The zero-order chi connectivity index (χ0) is 23.4. The van der Waals surface area contributed by atoms with E-state index in [1.807, 2.05) is 11.0 Å². The van der Waals surface area contributed by atoms with Gasteiger partial charge in [0, 0.05) is 49.5 Å². The first-order valence-electron chi connectivity index (χ1n) is 11.4. The van der Waals surface area contributed by atoms with Crippen molar-refractivity contribution in [2.75, 3.05) is 31.1 Å². The standard InChI is InChI=1S/C20H23FN6O3.C3H6/c1-12(6-17-18(28)25-20(30)24-17)19(29)27-4-2-26(3-5-27)16-8-13(7-15(21)9-16)14-10-22-23-11-14;1-2-3-1/h7-12,17H,2-6H2,1H3,(H,22,23)(H2,24,25,28,30);1-3H2/t12-,17?;/m0./s1. The molecule has 2 atom stereocenters. The normalized spacial score (nSPS) is 20.5. The van der Waals surface area contributed by atoms with Crippen LogP contribution in [0.5, 0.6) is 0 Å². The number of piperazine rings is 1. The van der Waals surface area contributed by atoms with Crippen LogP contribution in [0.1, 0.15) is 32.6 Å². The van der Waals surface area contributed by atoms with Gasteiger partial charge in [-0.05, 0) is 30.2 Å². The van der Waals surface area contributed by atoms with E-state index in [2.05, 4.69) is 20.8 Å². The number of urea groups is 1. The Bertz CT molecular complexity index is 999. The Morgan fingerprint density at radius 3 is 2.42 bits per heavy atom. The maximum atomic E-state index is 14.2. The van der Waals surface area contributed by atoms with Crippen LogP contribution in [0.25, 0.3) is 11.1 Å². The molecule has 0 spiro atoms. The van der Waals surface area contributed by atoms with Crippen LogP contribution in [0.2, 0.25) is 0 Å². The van der Waals surface area contributed by atoms with Crippen LogP contribution < -0.4 is 15.5 Å². The first-order chi connectivity index (χ1) is 15.9. The van der Waals surface area contributed by atoms with Crippen LogP contribution in [0, 0.1) is 11.7 Å². The van der Waals surface area contributed by atoms with E-state index < -0.39 is 23.9 Å². The number of H-pyrrole nitrogens is 1. The average molecular weight is 457 g/mol. The van der Waals surface area contributed by atoms with Crippen molar-refractivity contribution in [3.05, 3.63) is 36.4 Å². The minimum absolute atomic E-state index is 0.0538. The van der Waals surface area contributed by atoms with Gasteiger partial charge in [0.05, 0.1) is 6.20 Å². The van der Waals surface area contributed by atoms with Gasteiger partial charge in [-0.15, -0.1) is 0 Å². The van der Waals surface area contributed by atoms with Gasteiger partial charge in [-0.1, -0.05) is 26.2 Å². The molecule has 5 rings (SSSR count). The highest BCUT2D eigenvalue weighted by molar-refractivity contribution is 6.04. The molecule has 4 amide bonds. The lowest BCUT2D eigenvalue weighted by atomic mass is 10.00. The minimum atomic E-state index is -0.675. The minimum Gasteiger partial charge on any atom is -0.368 e. The van der Waals surface area contributed by atoms with E-state index in [4.69, 9.17) is 0 Å². The fraction of sp³-hybridized carbons (Fsp3) is 0.478. The van der Waals surface area contributed by atoms with Gasteiger partial charge < -0.3 is 15.1 Å². The molecule has 10 heteroatoms. The predicted molar refractivity (Wildman–Crippen MR) is 121 cm³/mol. The SMILES string of the molecule is C1CC1.C[C@@H](CC1NC(=O)NC1=O)C(=O)N1CCN(c2cc(F)cc(-c3cn[nH]c3)c2)CC1. The van der Waals surface area contributed by atoms with Crippen molar-refractivity contribution in [3.63, 3.8) is 0 Å². The molecule has 0 radical (unpaired) electrons. The molecule has 1 saturated carbocycles. The molecule has 9 nitrogen and oxygen atoms in total. The number of nitrogens with zero attached hydrogens (tertiary/aromatic N) is 3. The number of amides is 4. The fourth-order valence-corrected chi connectivity index (χ4v) is 3.91. The molecule has 1 aromatic heterocycles. The highest BCUT2D eigenvalue weighted by Crippen LogP contribution is 2.27. The Balaban J connectivity index is 0.000000799. The van der Waals surface area contributed by atoms with E-state index in [-0.39, 0.29) is 18.1 Å². The summed E-state index contributed by atoms with van der Waals surface area (Å²) in [6.07, 6.45) is 8.11. The van der Waals surface area contributed by atoms with Crippen molar-refractivity contribution in [1.82, 2.24) is 25.7 Å². The van der Waals surface area contributed by atoms with Gasteiger partial charge in [0.25, 0.3) is 5.91 Å². The van der Waals surface area contributed by atoms with E-state index in [1.54, 1.807) is 24.2 Å². The monoisotopic (exact) mass is 456 g/mol. The highest BCUT2D eigenvalue weighted by atomic mass is 19.1. The molecule has 176 valence electrons. The van der Waals surface area contributed by atoms with Crippen molar-refractivity contribution in [2.45, 2.75) is 38.6 Å². The van der Waals surface area contributed by atoms with E-state index >= 15 is 0 Å². The quantitative estimate of drug-likeness (QED) is 0.598. The lowest BCUT2D eigenvalue weighted by Gasteiger charge is -2.37. The Morgan fingerprint density at radius 1 is 1.12 bits per heavy atom. The van der Waals surface area contributed by atoms with Crippen LogP contribution in [0.4, 0.5) is 14.9 Å². The number of imide groups is 1. The molecule has 2 aliphatic heterocycles. The number of anilines is 1. The number of carbonyl (C=O) groups excluding carboxylic acids is 3. The number of nitrogens with one attached hydrogen (secondary N) is 3. The number of aromatic nitrogens is 2. The highest BCUT2D eigenvalue weighted by Gasteiger charge is 2.34. The summed E-state index contributed by atoms with van der Waals surface area (Å²) in [5.74, 6) is -1.17. The fourth-order valence-electron chi connectivity index (χ4n) is 3.91. The Kier molecular flexibility index (Phi) is 6.90. The smallest absolute Gasteiger partial charge is 0.322 e. The summed E-state index contributed by atoms with van der Waals surface area (Å²) in [6.45, 7) is 3.92. The first-order valence-corrected chi connectivity index (χ1v) is 11.4. The number of hydrogen-bond donors (Lipinski definition) is 3. The summed E-state index contributed by atoms with van der Waals surface area (Å²) in [5, 5.41) is 11.3. The van der Waals surface area contributed by atoms with Crippen molar-refractivity contribution in [3.8, 4) is 11.1 Å². The van der Waals surface area contributed by atoms with Crippen LogP contribution in [0.3, 0.4) is 0 Å². The molecular formula is C23H29FN6O3. The summed E-state index contributed by atoms with van der Waals surface area (Å²) >= 11 is 0. The molecule has 2 aromatic rings. The second-order valence-corrected chi connectivity index (χ2v) is 8.71. The van der Waals surface area contributed by atoms with Crippen LogP contribution >= 0.6 is 0 Å². The number of carbonyl (C=O) groups is 3. The predicted octanol–water partition coefficient (Wildman–Crippen LogP) is 2.27. The molecule has 2 saturated heterocycles. The Labute approximate surface area is 191 Å². The summed E-state index contributed by atoms with van der Waals surface area (Å²) < 4.78 is 14.2. The van der Waals surface area contributed by atoms with Crippen molar-refractivity contribution < 1.29 is 18.8 Å². The molecule has 3 aliphatic rings. The van der Waals surface area contributed by atoms with Gasteiger partial charge in [-0.25, -0.2) is 9.18 Å². The van der Waals surface area contributed by atoms with E-state index in [9.17, 15) is 18.8 Å². The topological polar surface area (TPSA) is 110 Å². The third-order valence-electron chi connectivity index (χ3n) is 5.89. The second kappa shape index (κ2) is 10.0.